The molecular formula is C27H23N3O3. The Hall–Kier alpha value is -4.19. The van der Waals surface area contributed by atoms with Gasteiger partial charge in [0.05, 0.1) is 12.6 Å². The maximum absolute atomic E-state index is 12.7. The highest BCUT2D eigenvalue weighted by Crippen LogP contribution is 2.35. The van der Waals surface area contributed by atoms with Crippen LogP contribution in [-0.2, 0) is 6.42 Å². The first-order chi connectivity index (χ1) is 16.0. The number of benzene rings is 3. The molecule has 5 rings (SSSR count). The van der Waals surface area contributed by atoms with Gasteiger partial charge in [0, 0.05) is 40.5 Å². The van der Waals surface area contributed by atoms with E-state index in [1.807, 2.05) is 42.5 Å². The zero-order valence-electron chi connectivity index (χ0n) is 18.5. The number of aromatic nitrogens is 1. The Morgan fingerprint density at radius 1 is 0.970 bits per heavy atom. The van der Waals surface area contributed by atoms with Crippen LogP contribution in [0, 0.1) is 0 Å². The molecule has 1 aliphatic heterocycles. The summed E-state index contributed by atoms with van der Waals surface area (Å²) in [7, 11) is 1.65. The van der Waals surface area contributed by atoms with Crippen LogP contribution < -0.4 is 15.0 Å². The standard InChI is InChI=1S/C27H23N3O3/c1-17(31)19-4-3-5-22(15-19)28-27(32)18-6-9-23(10-7-18)30-13-12-21-14-20-8-11-24(33-2)16-25(20)29-26(21)30/h3-11,14-16H,12-13H2,1-2H3,(H,28,32). The first kappa shape index (κ1) is 20.7. The minimum absolute atomic E-state index is 0.0406. The van der Waals surface area contributed by atoms with Crippen LogP contribution in [0.15, 0.2) is 72.8 Å². The molecule has 4 aromatic rings. The van der Waals surface area contributed by atoms with Crippen molar-refractivity contribution in [3.63, 3.8) is 0 Å². The predicted octanol–water partition coefficient (Wildman–Crippen LogP) is 5.39. The van der Waals surface area contributed by atoms with Crippen molar-refractivity contribution in [1.82, 2.24) is 4.98 Å². The smallest absolute Gasteiger partial charge is 0.255 e. The number of carbonyl (C=O) groups excluding carboxylic acids is 2. The number of anilines is 3. The Bertz CT molecular complexity index is 1380. The molecule has 0 saturated carbocycles. The molecule has 1 N–H and O–H groups in total. The average molecular weight is 437 g/mol. The van der Waals surface area contributed by atoms with Gasteiger partial charge < -0.3 is 15.0 Å². The van der Waals surface area contributed by atoms with Crippen molar-refractivity contribution in [3.8, 4) is 5.75 Å². The maximum atomic E-state index is 12.7. The van der Waals surface area contributed by atoms with Gasteiger partial charge in [0.1, 0.15) is 11.6 Å². The lowest BCUT2D eigenvalue weighted by Gasteiger charge is -2.19. The normalized spacial score (nSPS) is 12.5. The number of ether oxygens (including phenoxy) is 1. The van der Waals surface area contributed by atoms with E-state index in [4.69, 9.17) is 9.72 Å². The molecular weight excluding hydrogens is 414 g/mol. The van der Waals surface area contributed by atoms with E-state index >= 15 is 0 Å². The molecule has 1 aromatic heterocycles. The molecule has 2 heterocycles. The van der Waals surface area contributed by atoms with Crippen LogP contribution >= 0.6 is 0 Å². The van der Waals surface area contributed by atoms with E-state index in [1.165, 1.54) is 12.5 Å². The van der Waals surface area contributed by atoms with Gasteiger partial charge in [0.15, 0.2) is 5.78 Å². The van der Waals surface area contributed by atoms with Crippen molar-refractivity contribution in [2.75, 3.05) is 23.9 Å². The molecule has 0 atom stereocenters. The summed E-state index contributed by atoms with van der Waals surface area (Å²) in [4.78, 5) is 31.3. The molecule has 0 saturated heterocycles. The van der Waals surface area contributed by atoms with E-state index in [0.29, 0.717) is 16.8 Å². The summed E-state index contributed by atoms with van der Waals surface area (Å²) in [5, 5.41) is 3.95. The van der Waals surface area contributed by atoms with Crippen molar-refractivity contribution in [3.05, 3.63) is 89.5 Å². The summed E-state index contributed by atoms with van der Waals surface area (Å²) in [5.41, 5.74) is 4.79. The number of nitrogens with one attached hydrogen (secondary N) is 1. The zero-order valence-corrected chi connectivity index (χ0v) is 18.5. The fourth-order valence-electron chi connectivity index (χ4n) is 4.13. The van der Waals surface area contributed by atoms with E-state index in [0.717, 1.165) is 41.1 Å². The van der Waals surface area contributed by atoms with E-state index in [9.17, 15) is 9.59 Å². The minimum Gasteiger partial charge on any atom is -0.497 e. The average Bonchev–Trinajstić information content (AvgIpc) is 3.25. The van der Waals surface area contributed by atoms with Gasteiger partial charge in [0.25, 0.3) is 5.91 Å². The molecule has 0 fully saturated rings. The summed E-state index contributed by atoms with van der Waals surface area (Å²) in [6.45, 7) is 2.34. The van der Waals surface area contributed by atoms with Crippen LogP contribution in [-0.4, -0.2) is 30.3 Å². The van der Waals surface area contributed by atoms with Crippen molar-refractivity contribution < 1.29 is 14.3 Å². The number of hydrogen-bond donors (Lipinski definition) is 1. The Morgan fingerprint density at radius 3 is 2.55 bits per heavy atom. The second-order valence-corrected chi connectivity index (χ2v) is 8.07. The Kier molecular flexibility index (Phi) is 5.26. The predicted molar refractivity (Wildman–Crippen MR) is 130 cm³/mol. The monoisotopic (exact) mass is 437 g/mol. The minimum atomic E-state index is -0.222. The van der Waals surface area contributed by atoms with Crippen molar-refractivity contribution >= 4 is 39.8 Å². The van der Waals surface area contributed by atoms with Gasteiger partial charge in [0.2, 0.25) is 0 Å². The van der Waals surface area contributed by atoms with Gasteiger partial charge >= 0.3 is 0 Å². The van der Waals surface area contributed by atoms with Crippen LogP contribution in [0.2, 0.25) is 0 Å². The first-order valence-corrected chi connectivity index (χ1v) is 10.8. The highest BCUT2D eigenvalue weighted by atomic mass is 16.5. The Morgan fingerprint density at radius 2 is 1.79 bits per heavy atom. The summed E-state index contributed by atoms with van der Waals surface area (Å²) in [6, 6.07) is 22.5. The lowest BCUT2D eigenvalue weighted by molar-refractivity contribution is 0.101. The lowest BCUT2D eigenvalue weighted by atomic mass is 10.1. The molecule has 0 radical (unpaired) electrons. The summed E-state index contributed by atoms with van der Waals surface area (Å²) in [5.74, 6) is 1.46. The van der Waals surface area contributed by atoms with Gasteiger partial charge in [-0.15, -0.1) is 0 Å². The number of carbonyl (C=O) groups is 2. The Balaban J connectivity index is 1.37. The van der Waals surface area contributed by atoms with Gasteiger partial charge in [-0.1, -0.05) is 12.1 Å². The van der Waals surface area contributed by atoms with Crippen molar-refractivity contribution in [2.24, 2.45) is 0 Å². The molecule has 0 unspecified atom stereocenters. The number of Topliss-reactive ketones (excluding diaryl/α,β-unsaturated/α-hetero) is 1. The molecule has 1 aliphatic rings. The molecule has 6 nitrogen and oxygen atoms in total. The van der Waals surface area contributed by atoms with Crippen LogP contribution in [0.1, 0.15) is 33.2 Å². The van der Waals surface area contributed by atoms with E-state index in [1.54, 1.807) is 31.4 Å². The molecule has 0 bridgehead atoms. The molecule has 164 valence electrons. The molecule has 6 heteroatoms. The number of nitrogens with zero attached hydrogens (tertiary/aromatic N) is 2. The molecule has 1 amide bonds. The number of methoxy groups -OCH3 is 1. The highest BCUT2D eigenvalue weighted by molar-refractivity contribution is 6.05. The fraction of sp³-hybridized carbons (Fsp3) is 0.148. The number of rotatable bonds is 5. The topological polar surface area (TPSA) is 71.5 Å². The van der Waals surface area contributed by atoms with Gasteiger partial charge in [-0.05, 0) is 73.5 Å². The molecule has 0 aliphatic carbocycles. The molecule has 33 heavy (non-hydrogen) atoms. The molecule has 0 spiro atoms. The first-order valence-electron chi connectivity index (χ1n) is 10.8. The maximum Gasteiger partial charge on any atom is 0.255 e. The second-order valence-electron chi connectivity index (χ2n) is 8.07. The van der Waals surface area contributed by atoms with Crippen LogP contribution in [0.25, 0.3) is 10.9 Å². The van der Waals surface area contributed by atoms with Crippen LogP contribution in [0.4, 0.5) is 17.2 Å². The summed E-state index contributed by atoms with van der Waals surface area (Å²) in [6.07, 6.45) is 0.916. The number of ketones is 1. The van der Waals surface area contributed by atoms with E-state index in [2.05, 4.69) is 16.3 Å². The Labute approximate surface area is 191 Å². The SMILES string of the molecule is COc1ccc2cc3c(nc2c1)N(c1ccc(C(=O)Nc2cccc(C(C)=O)c2)cc1)CC3. The number of fused-ring (bicyclic) bond motifs is 2. The quantitative estimate of drug-likeness (QED) is 0.424. The number of pyridine rings is 1. The van der Waals surface area contributed by atoms with Gasteiger partial charge in [-0.2, -0.15) is 0 Å². The van der Waals surface area contributed by atoms with E-state index < -0.39 is 0 Å². The van der Waals surface area contributed by atoms with Gasteiger partial charge in [-0.3, -0.25) is 9.59 Å². The van der Waals surface area contributed by atoms with Crippen LogP contribution in [0.3, 0.4) is 0 Å². The van der Waals surface area contributed by atoms with Crippen LogP contribution in [0.5, 0.6) is 5.75 Å². The summed E-state index contributed by atoms with van der Waals surface area (Å²) < 4.78 is 5.34. The fourth-order valence-corrected chi connectivity index (χ4v) is 4.13. The number of amides is 1. The second kappa shape index (κ2) is 8.39. The largest absolute Gasteiger partial charge is 0.497 e. The number of hydrogen-bond acceptors (Lipinski definition) is 5. The molecule has 3 aromatic carbocycles. The van der Waals surface area contributed by atoms with Gasteiger partial charge in [-0.25, -0.2) is 4.98 Å². The highest BCUT2D eigenvalue weighted by Gasteiger charge is 2.23. The lowest BCUT2D eigenvalue weighted by Crippen LogP contribution is -2.15. The third kappa shape index (κ3) is 4.03. The third-order valence-electron chi connectivity index (χ3n) is 5.91. The third-order valence-corrected chi connectivity index (χ3v) is 5.91. The zero-order chi connectivity index (χ0) is 22.9. The van der Waals surface area contributed by atoms with Crippen molar-refractivity contribution in [2.45, 2.75) is 13.3 Å². The van der Waals surface area contributed by atoms with Crippen molar-refractivity contribution in [1.29, 1.82) is 0 Å². The summed E-state index contributed by atoms with van der Waals surface area (Å²) >= 11 is 0. The van der Waals surface area contributed by atoms with E-state index in [-0.39, 0.29) is 11.7 Å².